The molecule has 0 radical (unpaired) electrons. The number of rotatable bonds is 0. The highest BCUT2D eigenvalue weighted by molar-refractivity contribution is 5.07. The Kier molecular flexibility index (Phi) is 1.99. The van der Waals surface area contributed by atoms with Gasteiger partial charge in [-0.3, -0.25) is 0 Å². The Balaban J connectivity index is 2.08. The maximum absolute atomic E-state index is 2.55. The van der Waals surface area contributed by atoms with E-state index in [-0.39, 0.29) is 0 Å². The zero-order chi connectivity index (χ0) is 8.55. The fraction of sp³-hybridized carbons (Fsp3) is 0.800. The van der Waals surface area contributed by atoms with E-state index in [4.69, 9.17) is 0 Å². The molecule has 0 N–H and O–H groups in total. The Morgan fingerprint density at radius 3 is 3.08 bits per heavy atom. The van der Waals surface area contributed by atoms with Crippen LogP contribution in [0.2, 0.25) is 0 Å². The van der Waals surface area contributed by atoms with Crippen molar-refractivity contribution in [3.8, 4) is 0 Å². The summed E-state index contributed by atoms with van der Waals surface area (Å²) in [6.45, 7) is 6.05. The molecule has 0 unspecified atom stereocenters. The third-order valence-electron chi connectivity index (χ3n) is 2.92. The van der Waals surface area contributed by atoms with Gasteiger partial charge in [0.05, 0.1) is 0 Å². The van der Waals surface area contributed by atoms with E-state index in [0.717, 1.165) is 5.92 Å². The molecule has 1 saturated heterocycles. The normalized spacial score (nSPS) is 29.8. The lowest BCUT2D eigenvalue weighted by Crippen LogP contribution is -2.41. The number of nitrogens with zero attached hydrogens (tertiary/aromatic N) is 2. The number of hydrogen-bond acceptors (Lipinski definition) is 2. The highest BCUT2D eigenvalue weighted by atomic mass is 15.2. The molecule has 0 amide bonds. The SMILES string of the molecule is C[C@@H]1CCC2=CN(C)CCN2C1. The first-order chi connectivity index (χ1) is 5.75. The molecule has 1 atom stereocenters. The predicted molar refractivity (Wildman–Crippen MR) is 50.7 cm³/mol. The van der Waals surface area contributed by atoms with E-state index in [1.165, 1.54) is 32.5 Å². The van der Waals surface area contributed by atoms with E-state index < -0.39 is 0 Å². The molecule has 2 rings (SSSR count). The summed E-state index contributed by atoms with van der Waals surface area (Å²) in [5, 5.41) is 0. The summed E-state index contributed by atoms with van der Waals surface area (Å²) in [7, 11) is 2.17. The first-order valence-electron chi connectivity index (χ1n) is 4.91. The van der Waals surface area contributed by atoms with E-state index >= 15 is 0 Å². The van der Waals surface area contributed by atoms with Crippen LogP contribution in [0.1, 0.15) is 19.8 Å². The highest BCUT2D eigenvalue weighted by Gasteiger charge is 2.22. The summed E-state index contributed by atoms with van der Waals surface area (Å²) in [5.74, 6) is 0.894. The molecule has 2 nitrogen and oxygen atoms in total. The number of piperidine rings is 1. The third-order valence-corrected chi connectivity index (χ3v) is 2.92. The minimum atomic E-state index is 0.894. The number of allylic oxidation sites excluding steroid dienone is 1. The summed E-state index contributed by atoms with van der Waals surface area (Å²) < 4.78 is 0. The van der Waals surface area contributed by atoms with Gasteiger partial charge in [-0.15, -0.1) is 0 Å². The van der Waals surface area contributed by atoms with Crippen LogP contribution in [0, 0.1) is 5.92 Å². The topological polar surface area (TPSA) is 6.48 Å². The molecule has 0 bridgehead atoms. The summed E-state index contributed by atoms with van der Waals surface area (Å²) in [6, 6.07) is 0. The molecule has 0 aromatic carbocycles. The highest BCUT2D eigenvalue weighted by Crippen LogP contribution is 2.26. The Morgan fingerprint density at radius 2 is 2.25 bits per heavy atom. The van der Waals surface area contributed by atoms with E-state index in [0.29, 0.717) is 0 Å². The molecule has 0 aromatic heterocycles. The largest absolute Gasteiger partial charge is 0.377 e. The van der Waals surface area contributed by atoms with Crippen molar-refractivity contribution in [2.75, 3.05) is 26.7 Å². The van der Waals surface area contributed by atoms with Crippen LogP contribution in [-0.2, 0) is 0 Å². The lowest BCUT2D eigenvalue weighted by Gasteiger charge is -2.40. The lowest BCUT2D eigenvalue weighted by atomic mass is 9.97. The molecule has 2 aliphatic heterocycles. The van der Waals surface area contributed by atoms with Crippen LogP contribution < -0.4 is 0 Å². The molecule has 12 heavy (non-hydrogen) atoms. The summed E-state index contributed by atoms with van der Waals surface area (Å²) in [5.41, 5.74) is 1.56. The first kappa shape index (κ1) is 7.96. The number of fused-ring (bicyclic) bond motifs is 1. The fourth-order valence-electron chi connectivity index (χ4n) is 2.12. The monoisotopic (exact) mass is 166 g/mol. The van der Waals surface area contributed by atoms with Crippen molar-refractivity contribution in [3.05, 3.63) is 11.9 Å². The molecule has 68 valence electrons. The van der Waals surface area contributed by atoms with Gasteiger partial charge in [-0.1, -0.05) is 6.92 Å². The first-order valence-corrected chi connectivity index (χ1v) is 4.91. The van der Waals surface area contributed by atoms with E-state index in [1.807, 2.05) is 0 Å². The zero-order valence-corrected chi connectivity index (χ0v) is 8.08. The average molecular weight is 166 g/mol. The second kappa shape index (κ2) is 3.00. The van der Waals surface area contributed by atoms with Crippen molar-refractivity contribution in [1.29, 1.82) is 0 Å². The second-order valence-electron chi connectivity index (χ2n) is 4.19. The summed E-state index contributed by atoms with van der Waals surface area (Å²) >= 11 is 0. The predicted octanol–water partition coefficient (Wildman–Crippen LogP) is 1.51. The van der Waals surface area contributed by atoms with E-state index in [1.54, 1.807) is 5.70 Å². The van der Waals surface area contributed by atoms with Crippen LogP contribution in [0.25, 0.3) is 0 Å². The van der Waals surface area contributed by atoms with Gasteiger partial charge in [-0.25, -0.2) is 0 Å². The molecule has 2 aliphatic rings. The second-order valence-corrected chi connectivity index (χ2v) is 4.19. The van der Waals surface area contributed by atoms with Gasteiger partial charge >= 0.3 is 0 Å². The Bertz CT molecular complexity index is 198. The maximum Gasteiger partial charge on any atom is 0.0351 e. The smallest absolute Gasteiger partial charge is 0.0351 e. The Labute approximate surface area is 74.8 Å². The van der Waals surface area contributed by atoms with Gasteiger partial charge < -0.3 is 9.80 Å². The van der Waals surface area contributed by atoms with Crippen molar-refractivity contribution >= 4 is 0 Å². The Hall–Kier alpha value is -0.660. The molecule has 0 saturated carbocycles. The van der Waals surface area contributed by atoms with E-state index in [2.05, 4.69) is 30.0 Å². The van der Waals surface area contributed by atoms with Crippen LogP contribution in [0.5, 0.6) is 0 Å². The minimum Gasteiger partial charge on any atom is -0.377 e. The van der Waals surface area contributed by atoms with Crippen LogP contribution >= 0.6 is 0 Å². The van der Waals surface area contributed by atoms with Gasteiger partial charge in [0.1, 0.15) is 0 Å². The van der Waals surface area contributed by atoms with Crippen LogP contribution in [0.4, 0.5) is 0 Å². The number of likely N-dealkylation sites (N-methyl/N-ethyl adjacent to an activating group) is 1. The summed E-state index contributed by atoms with van der Waals surface area (Å²) in [6.07, 6.45) is 4.97. The van der Waals surface area contributed by atoms with Gasteiger partial charge in [-0.05, 0) is 18.8 Å². The van der Waals surface area contributed by atoms with Crippen LogP contribution in [0.3, 0.4) is 0 Å². The molecular weight excluding hydrogens is 148 g/mol. The number of hydrogen-bond donors (Lipinski definition) is 0. The van der Waals surface area contributed by atoms with E-state index in [9.17, 15) is 0 Å². The van der Waals surface area contributed by atoms with Crippen LogP contribution in [-0.4, -0.2) is 36.5 Å². The van der Waals surface area contributed by atoms with Gasteiger partial charge in [0, 0.05) is 38.6 Å². The van der Waals surface area contributed by atoms with Crippen molar-refractivity contribution < 1.29 is 0 Å². The minimum absolute atomic E-state index is 0.894. The molecular formula is C10H18N2. The molecule has 0 aromatic rings. The van der Waals surface area contributed by atoms with Gasteiger partial charge in [0.2, 0.25) is 0 Å². The van der Waals surface area contributed by atoms with Crippen LogP contribution in [0.15, 0.2) is 11.9 Å². The molecule has 1 fully saturated rings. The fourth-order valence-corrected chi connectivity index (χ4v) is 2.12. The zero-order valence-electron chi connectivity index (χ0n) is 8.08. The summed E-state index contributed by atoms with van der Waals surface area (Å²) in [4.78, 5) is 4.86. The average Bonchev–Trinajstić information content (AvgIpc) is 2.05. The van der Waals surface area contributed by atoms with Crippen molar-refractivity contribution in [3.63, 3.8) is 0 Å². The van der Waals surface area contributed by atoms with Gasteiger partial charge in [0.25, 0.3) is 0 Å². The molecule has 0 spiro atoms. The standard InChI is InChI=1S/C10H18N2/c1-9-3-4-10-8-11(2)5-6-12(10)7-9/h8-9H,3-7H2,1-2H3/t9-/m1/s1. The maximum atomic E-state index is 2.55. The van der Waals surface area contributed by atoms with Crippen molar-refractivity contribution in [2.45, 2.75) is 19.8 Å². The Morgan fingerprint density at radius 1 is 1.42 bits per heavy atom. The molecule has 2 heteroatoms. The van der Waals surface area contributed by atoms with Crippen molar-refractivity contribution in [1.82, 2.24) is 9.80 Å². The third kappa shape index (κ3) is 1.43. The quantitative estimate of drug-likeness (QED) is 0.538. The van der Waals surface area contributed by atoms with Gasteiger partial charge in [-0.2, -0.15) is 0 Å². The van der Waals surface area contributed by atoms with Crippen molar-refractivity contribution in [2.24, 2.45) is 5.92 Å². The lowest BCUT2D eigenvalue weighted by molar-refractivity contribution is 0.193. The van der Waals surface area contributed by atoms with Gasteiger partial charge in [0.15, 0.2) is 0 Å². The molecule has 0 aliphatic carbocycles. The molecule has 2 heterocycles.